The number of hydrogen-bond donors (Lipinski definition) is 0. The van der Waals surface area contributed by atoms with Crippen LogP contribution in [0.15, 0.2) is 42.7 Å². The Labute approximate surface area is 139 Å². The van der Waals surface area contributed by atoms with E-state index in [9.17, 15) is 13.6 Å². The van der Waals surface area contributed by atoms with E-state index in [0.29, 0.717) is 11.3 Å². The molecule has 6 heteroatoms. The number of hydrogen-bond acceptors (Lipinski definition) is 3. The molecule has 24 heavy (non-hydrogen) atoms. The molecule has 1 amide bonds. The molecule has 0 bridgehead atoms. The van der Waals surface area contributed by atoms with Gasteiger partial charge in [0, 0.05) is 43.3 Å². The molecule has 2 aromatic rings. The number of amides is 1. The van der Waals surface area contributed by atoms with Gasteiger partial charge in [0.25, 0.3) is 11.8 Å². The fourth-order valence-electron chi connectivity index (χ4n) is 2.74. The van der Waals surface area contributed by atoms with E-state index in [1.54, 1.807) is 37.7 Å². The number of carbonyl (C=O) groups excluding carboxylic acids is 1. The van der Waals surface area contributed by atoms with E-state index in [-0.39, 0.29) is 31.8 Å². The SMILES string of the molecule is COc1cncc(-c2cccc(C(=O)N3CCC(F)(F)CC3)c2)c1. The number of rotatable bonds is 3. The third kappa shape index (κ3) is 3.53. The number of alkyl halides is 2. The van der Waals surface area contributed by atoms with Crippen molar-refractivity contribution in [2.45, 2.75) is 18.8 Å². The van der Waals surface area contributed by atoms with Crippen molar-refractivity contribution in [3.8, 4) is 16.9 Å². The van der Waals surface area contributed by atoms with Crippen LogP contribution in [0, 0.1) is 0 Å². The van der Waals surface area contributed by atoms with Crippen molar-refractivity contribution in [3.63, 3.8) is 0 Å². The first-order valence-corrected chi connectivity index (χ1v) is 7.75. The van der Waals surface area contributed by atoms with Gasteiger partial charge in [-0.05, 0) is 23.8 Å². The molecule has 1 aromatic heterocycles. The normalized spacial score (nSPS) is 16.7. The summed E-state index contributed by atoms with van der Waals surface area (Å²) >= 11 is 0. The molecule has 1 aliphatic rings. The van der Waals surface area contributed by atoms with Gasteiger partial charge in [-0.15, -0.1) is 0 Å². The molecule has 1 fully saturated rings. The molecule has 126 valence electrons. The minimum Gasteiger partial charge on any atom is -0.495 e. The standard InChI is InChI=1S/C18H18F2N2O2/c1-24-16-10-15(11-21-12-16)13-3-2-4-14(9-13)17(23)22-7-5-18(19,20)6-8-22/h2-4,9-12H,5-8H2,1H3. The summed E-state index contributed by atoms with van der Waals surface area (Å²) in [5.74, 6) is -2.25. The summed E-state index contributed by atoms with van der Waals surface area (Å²) in [5.41, 5.74) is 2.14. The Kier molecular flexibility index (Phi) is 4.46. The lowest BCUT2D eigenvalue weighted by molar-refractivity contribution is -0.0494. The summed E-state index contributed by atoms with van der Waals surface area (Å²) in [7, 11) is 1.56. The number of carbonyl (C=O) groups is 1. The van der Waals surface area contributed by atoms with Crippen LogP contribution in [-0.4, -0.2) is 41.9 Å². The highest BCUT2D eigenvalue weighted by Crippen LogP contribution is 2.29. The first-order chi connectivity index (χ1) is 11.5. The number of pyridine rings is 1. The maximum Gasteiger partial charge on any atom is 0.253 e. The first kappa shape index (κ1) is 16.4. The van der Waals surface area contributed by atoms with Crippen LogP contribution in [0.4, 0.5) is 8.78 Å². The molecule has 0 radical (unpaired) electrons. The third-order valence-corrected chi connectivity index (χ3v) is 4.17. The van der Waals surface area contributed by atoms with E-state index in [1.807, 2.05) is 12.1 Å². The highest BCUT2D eigenvalue weighted by atomic mass is 19.3. The van der Waals surface area contributed by atoms with E-state index < -0.39 is 5.92 Å². The van der Waals surface area contributed by atoms with Crippen molar-refractivity contribution in [2.24, 2.45) is 0 Å². The van der Waals surface area contributed by atoms with Crippen molar-refractivity contribution in [1.82, 2.24) is 9.88 Å². The van der Waals surface area contributed by atoms with Crippen LogP contribution in [0.25, 0.3) is 11.1 Å². The van der Waals surface area contributed by atoms with Crippen molar-refractivity contribution < 1.29 is 18.3 Å². The molecule has 3 rings (SSSR count). The van der Waals surface area contributed by atoms with E-state index >= 15 is 0 Å². The third-order valence-electron chi connectivity index (χ3n) is 4.17. The van der Waals surface area contributed by atoms with Gasteiger partial charge in [-0.25, -0.2) is 8.78 Å². The van der Waals surface area contributed by atoms with E-state index in [0.717, 1.165) is 11.1 Å². The average molecular weight is 332 g/mol. The molecule has 0 unspecified atom stereocenters. The predicted octanol–water partition coefficient (Wildman–Crippen LogP) is 3.63. The second-order valence-corrected chi connectivity index (χ2v) is 5.84. The van der Waals surface area contributed by atoms with Gasteiger partial charge in [0.2, 0.25) is 0 Å². The Balaban J connectivity index is 1.81. The summed E-state index contributed by atoms with van der Waals surface area (Å²) in [5, 5.41) is 0. The number of halogens is 2. The zero-order valence-corrected chi connectivity index (χ0v) is 13.3. The second kappa shape index (κ2) is 6.55. The Morgan fingerprint density at radius 2 is 1.92 bits per heavy atom. The lowest BCUT2D eigenvalue weighted by Gasteiger charge is -2.31. The van der Waals surface area contributed by atoms with E-state index in [4.69, 9.17) is 4.74 Å². The topological polar surface area (TPSA) is 42.4 Å². The predicted molar refractivity (Wildman–Crippen MR) is 86.3 cm³/mol. The van der Waals surface area contributed by atoms with Crippen LogP contribution in [0.3, 0.4) is 0 Å². The van der Waals surface area contributed by atoms with Gasteiger partial charge in [-0.3, -0.25) is 9.78 Å². The maximum atomic E-state index is 13.2. The molecule has 1 saturated heterocycles. The first-order valence-electron chi connectivity index (χ1n) is 7.75. The zero-order valence-electron chi connectivity index (χ0n) is 13.3. The molecule has 0 N–H and O–H groups in total. The van der Waals surface area contributed by atoms with Gasteiger partial charge in [-0.1, -0.05) is 12.1 Å². The Morgan fingerprint density at radius 1 is 1.17 bits per heavy atom. The molecule has 0 spiro atoms. The van der Waals surface area contributed by atoms with Gasteiger partial charge in [-0.2, -0.15) is 0 Å². The molecule has 1 aliphatic heterocycles. The summed E-state index contributed by atoms with van der Waals surface area (Å²) in [6.07, 6.45) is 2.73. The van der Waals surface area contributed by atoms with Crippen molar-refractivity contribution in [3.05, 3.63) is 48.3 Å². The highest BCUT2D eigenvalue weighted by Gasteiger charge is 2.35. The number of methoxy groups -OCH3 is 1. The monoisotopic (exact) mass is 332 g/mol. The molecule has 0 saturated carbocycles. The number of likely N-dealkylation sites (tertiary alicyclic amines) is 1. The van der Waals surface area contributed by atoms with Gasteiger partial charge in [0.15, 0.2) is 0 Å². The fraction of sp³-hybridized carbons (Fsp3) is 0.333. The smallest absolute Gasteiger partial charge is 0.253 e. The number of aromatic nitrogens is 1. The molecular formula is C18H18F2N2O2. The zero-order chi connectivity index (χ0) is 17.2. The lowest BCUT2D eigenvalue weighted by Crippen LogP contribution is -2.42. The average Bonchev–Trinajstić information content (AvgIpc) is 2.61. The number of ether oxygens (including phenoxy) is 1. The number of nitrogens with zero attached hydrogens (tertiary/aromatic N) is 2. The second-order valence-electron chi connectivity index (χ2n) is 5.84. The van der Waals surface area contributed by atoms with Gasteiger partial charge in [0.1, 0.15) is 5.75 Å². The maximum absolute atomic E-state index is 13.2. The van der Waals surface area contributed by atoms with Crippen LogP contribution in [0.2, 0.25) is 0 Å². The molecule has 1 aromatic carbocycles. The summed E-state index contributed by atoms with van der Waals surface area (Å²) in [6.45, 7) is 0.160. The van der Waals surface area contributed by atoms with Crippen LogP contribution in [0.1, 0.15) is 23.2 Å². The van der Waals surface area contributed by atoms with E-state index in [1.165, 1.54) is 4.90 Å². The van der Waals surface area contributed by atoms with Gasteiger partial charge < -0.3 is 9.64 Å². The molecule has 4 nitrogen and oxygen atoms in total. The quantitative estimate of drug-likeness (QED) is 0.862. The number of piperidine rings is 1. The summed E-state index contributed by atoms with van der Waals surface area (Å²) < 4.78 is 31.6. The number of benzene rings is 1. The minimum atomic E-state index is -2.66. The Hall–Kier alpha value is -2.50. The molecular weight excluding hydrogens is 314 g/mol. The van der Waals surface area contributed by atoms with E-state index in [2.05, 4.69) is 4.98 Å². The van der Waals surface area contributed by atoms with Crippen molar-refractivity contribution in [1.29, 1.82) is 0 Å². The van der Waals surface area contributed by atoms with Gasteiger partial charge >= 0.3 is 0 Å². The molecule has 0 atom stereocenters. The molecule has 0 aliphatic carbocycles. The lowest BCUT2D eigenvalue weighted by atomic mass is 10.0. The highest BCUT2D eigenvalue weighted by molar-refractivity contribution is 5.95. The van der Waals surface area contributed by atoms with Crippen LogP contribution >= 0.6 is 0 Å². The summed E-state index contributed by atoms with van der Waals surface area (Å²) in [6, 6.07) is 8.94. The largest absolute Gasteiger partial charge is 0.495 e. The Bertz CT molecular complexity index is 739. The van der Waals surface area contributed by atoms with Crippen LogP contribution in [-0.2, 0) is 0 Å². The molecule has 2 heterocycles. The van der Waals surface area contributed by atoms with Crippen molar-refractivity contribution in [2.75, 3.05) is 20.2 Å². The van der Waals surface area contributed by atoms with Gasteiger partial charge in [0.05, 0.1) is 13.3 Å². The fourth-order valence-corrected chi connectivity index (χ4v) is 2.74. The Morgan fingerprint density at radius 3 is 2.62 bits per heavy atom. The summed E-state index contributed by atoms with van der Waals surface area (Å²) in [4.78, 5) is 18.2. The van der Waals surface area contributed by atoms with Crippen LogP contribution in [0.5, 0.6) is 5.75 Å². The van der Waals surface area contributed by atoms with Crippen molar-refractivity contribution >= 4 is 5.91 Å². The van der Waals surface area contributed by atoms with Crippen LogP contribution < -0.4 is 4.74 Å². The minimum absolute atomic E-state index is 0.0801.